The summed E-state index contributed by atoms with van der Waals surface area (Å²) in [6.07, 6.45) is -8.68. The van der Waals surface area contributed by atoms with Crippen molar-refractivity contribution < 1.29 is 26.3 Å². The highest BCUT2D eigenvalue weighted by Gasteiger charge is 2.39. The monoisotopic (exact) mass is 652 g/mol. The van der Waals surface area contributed by atoms with E-state index in [0.717, 1.165) is 88.3 Å². The molecule has 2 aliphatic rings. The first-order valence-corrected chi connectivity index (χ1v) is 15.9. The molecule has 0 bridgehead atoms. The molecule has 0 aromatic heterocycles. The van der Waals surface area contributed by atoms with E-state index in [2.05, 4.69) is 36.4 Å². The van der Waals surface area contributed by atoms with Gasteiger partial charge >= 0.3 is 12.4 Å². The molecule has 48 heavy (non-hydrogen) atoms. The maximum Gasteiger partial charge on any atom is 0.416 e. The van der Waals surface area contributed by atoms with Crippen molar-refractivity contribution in [2.24, 2.45) is 0 Å². The summed E-state index contributed by atoms with van der Waals surface area (Å²) < 4.78 is 81.0. The molecule has 0 saturated carbocycles. The lowest BCUT2D eigenvalue weighted by atomic mass is 9.89. The first-order chi connectivity index (χ1) is 22.4. The van der Waals surface area contributed by atoms with Crippen molar-refractivity contribution in [3.63, 3.8) is 0 Å². The maximum atomic E-state index is 13.5. The Balaban J connectivity index is 0.000000152. The van der Waals surface area contributed by atoms with E-state index in [1.54, 1.807) is 27.7 Å². The largest absolute Gasteiger partial charge is 0.416 e. The second-order valence-corrected chi connectivity index (χ2v) is 13.5. The van der Waals surface area contributed by atoms with Crippen molar-refractivity contribution in [3.05, 3.63) is 116 Å². The van der Waals surface area contributed by atoms with Gasteiger partial charge in [-0.3, -0.25) is 0 Å². The predicted molar refractivity (Wildman–Crippen MR) is 185 cm³/mol. The highest BCUT2D eigenvalue weighted by Crippen LogP contribution is 2.56. The van der Waals surface area contributed by atoms with Crippen LogP contribution in [0.2, 0.25) is 0 Å². The van der Waals surface area contributed by atoms with Crippen molar-refractivity contribution in [2.75, 3.05) is 0 Å². The minimum absolute atomic E-state index is 0.328. The van der Waals surface area contributed by atoms with Gasteiger partial charge in [-0.1, -0.05) is 48.5 Å². The topological polar surface area (TPSA) is 0 Å². The van der Waals surface area contributed by atoms with Gasteiger partial charge in [-0.2, -0.15) is 26.3 Å². The number of halogens is 6. The van der Waals surface area contributed by atoms with Crippen molar-refractivity contribution in [1.29, 1.82) is 0 Å². The molecule has 6 heteroatoms. The van der Waals surface area contributed by atoms with E-state index in [4.69, 9.17) is 0 Å². The molecule has 0 radical (unpaired) electrons. The smallest absolute Gasteiger partial charge is 0.166 e. The van der Waals surface area contributed by atoms with E-state index in [-0.39, 0.29) is 0 Å². The summed E-state index contributed by atoms with van der Waals surface area (Å²) in [5, 5.41) is 4.35. The van der Waals surface area contributed by atoms with Crippen LogP contribution in [-0.2, 0) is 12.4 Å². The third-order valence-corrected chi connectivity index (χ3v) is 10.4. The molecule has 6 aromatic carbocycles. The highest BCUT2D eigenvalue weighted by atomic mass is 19.4. The molecule has 0 fully saturated rings. The fraction of sp³-hybridized carbons (Fsp3) is 0.238. The predicted octanol–water partition coefficient (Wildman–Crippen LogP) is 13.5. The van der Waals surface area contributed by atoms with Crippen LogP contribution in [0.1, 0.15) is 55.6 Å². The maximum absolute atomic E-state index is 13.5. The summed E-state index contributed by atoms with van der Waals surface area (Å²) in [4.78, 5) is 0. The summed E-state index contributed by atoms with van der Waals surface area (Å²) in [6.45, 7) is 14.8. The van der Waals surface area contributed by atoms with Crippen LogP contribution in [0, 0.1) is 55.4 Å². The van der Waals surface area contributed by atoms with Gasteiger partial charge in [0.15, 0.2) is 0 Å². The Morgan fingerprint density at radius 3 is 0.875 bits per heavy atom. The van der Waals surface area contributed by atoms with Gasteiger partial charge in [-0.25, -0.2) is 0 Å². The number of hydrogen-bond donors (Lipinski definition) is 0. The van der Waals surface area contributed by atoms with Crippen LogP contribution in [-0.4, -0.2) is 0 Å². The first-order valence-electron chi connectivity index (χ1n) is 15.9. The lowest BCUT2D eigenvalue weighted by Crippen LogP contribution is -2.09. The van der Waals surface area contributed by atoms with Gasteiger partial charge < -0.3 is 0 Å². The van der Waals surface area contributed by atoms with Crippen molar-refractivity contribution in [1.82, 2.24) is 0 Å². The minimum Gasteiger partial charge on any atom is -0.166 e. The Morgan fingerprint density at radius 2 is 0.604 bits per heavy atom. The Kier molecular flexibility index (Phi) is 6.97. The second-order valence-electron chi connectivity index (χ2n) is 13.5. The van der Waals surface area contributed by atoms with Crippen LogP contribution in [0.5, 0.6) is 0 Å². The summed E-state index contributed by atoms with van der Waals surface area (Å²) >= 11 is 0. The standard InChI is InChI=1S/2C21H17F3/c2*1-10-5-7-14-8-6-11(2)17-19-13(4)15(21(22,23)24)9-12(3)18(19)16(10)20(14)17/h2*5-9H,1-4H3. The second kappa shape index (κ2) is 10.5. The molecule has 0 unspecified atom stereocenters. The zero-order valence-electron chi connectivity index (χ0n) is 28.0. The van der Waals surface area contributed by atoms with Crippen LogP contribution in [0.3, 0.4) is 0 Å². The van der Waals surface area contributed by atoms with Crippen molar-refractivity contribution in [3.8, 4) is 44.5 Å². The van der Waals surface area contributed by atoms with Gasteiger partial charge in [0.1, 0.15) is 0 Å². The minimum atomic E-state index is -4.34. The number of aryl methyl sites for hydroxylation is 6. The van der Waals surface area contributed by atoms with Crippen LogP contribution in [0.25, 0.3) is 66.1 Å². The van der Waals surface area contributed by atoms with Gasteiger partial charge in [0, 0.05) is 0 Å². The number of hydrogen-bond acceptors (Lipinski definition) is 0. The van der Waals surface area contributed by atoms with Gasteiger partial charge in [0.25, 0.3) is 0 Å². The van der Waals surface area contributed by atoms with Crippen LogP contribution >= 0.6 is 0 Å². The van der Waals surface area contributed by atoms with E-state index in [1.165, 1.54) is 12.1 Å². The molecule has 0 nitrogen and oxygen atoms in total. The zero-order chi connectivity index (χ0) is 34.8. The Hall–Kier alpha value is -4.58. The fourth-order valence-corrected chi connectivity index (χ4v) is 8.23. The molecule has 0 aliphatic heterocycles. The van der Waals surface area contributed by atoms with Gasteiger partial charge in [0.2, 0.25) is 0 Å². The Morgan fingerprint density at radius 1 is 0.333 bits per heavy atom. The third kappa shape index (κ3) is 4.44. The van der Waals surface area contributed by atoms with Crippen molar-refractivity contribution >= 4 is 21.5 Å². The lowest BCUT2D eigenvalue weighted by Gasteiger charge is -2.18. The van der Waals surface area contributed by atoms with Crippen LogP contribution in [0.4, 0.5) is 26.3 Å². The van der Waals surface area contributed by atoms with E-state index >= 15 is 0 Å². The molecule has 0 amide bonds. The SMILES string of the molecule is Cc1cc(C(F)(F)F)c(C)c2c1-c1c(C)ccc3ccc(C)c-2c13.Cc1cc(C(F)(F)F)c(C)c2c1-c1c(C)ccc3ccc(C)c-2c13. The Labute approximate surface area is 276 Å². The summed E-state index contributed by atoms with van der Waals surface area (Å²) in [7, 11) is 0. The Bertz CT molecular complexity index is 2210. The highest BCUT2D eigenvalue weighted by molar-refractivity contribution is 6.19. The van der Waals surface area contributed by atoms with Gasteiger partial charge in [0.05, 0.1) is 11.1 Å². The molecule has 0 heterocycles. The van der Waals surface area contributed by atoms with Crippen LogP contribution in [0.15, 0.2) is 60.7 Å². The fourth-order valence-electron chi connectivity index (χ4n) is 8.23. The third-order valence-electron chi connectivity index (χ3n) is 10.4. The average Bonchev–Trinajstić information content (AvgIpc) is 3.57. The molecule has 0 N–H and O–H groups in total. The number of alkyl halides is 6. The first kappa shape index (κ1) is 32.0. The summed E-state index contributed by atoms with van der Waals surface area (Å²) in [6, 6.07) is 18.9. The van der Waals surface area contributed by atoms with Gasteiger partial charge in [-0.05, 0) is 178 Å². The van der Waals surface area contributed by atoms with Crippen molar-refractivity contribution in [2.45, 2.75) is 67.7 Å². The zero-order valence-corrected chi connectivity index (χ0v) is 28.0. The molecular formula is C42H34F6. The summed E-state index contributed by atoms with van der Waals surface area (Å²) in [5.74, 6) is 0. The van der Waals surface area contributed by atoms with E-state index < -0.39 is 23.5 Å². The molecule has 8 rings (SSSR count). The average molecular weight is 653 g/mol. The number of fused-ring (bicyclic) bond motifs is 6. The molecule has 2 aliphatic carbocycles. The van der Waals surface area contributed by atoms with E-state index in [9.17, 15) is 26.3 Å². The van der Waals surface area contributed by atoms with Gasteiger partial charge in [-0.15, -0.1) is 0 Å². The lowest BCUT2D eigenvalue weighted by molar-refractivity contribution is -0.138. The molecule has 0 saturated heterocycles. The molecule has 6 aromatic rings. The molecular weight excluding hydrogens is 618 g/mol. The quantitative estimate of drug-likeness (QED) is 0.143. The molecule has 0 atom stereocenters. The van der Waals surface area contributed by atoms with Crippen LogP contribution < -0.4 is 0 Å². The normalized spacial score (nSPS) is 12.8. The van der Waals surface area contributed by atoms with E-state index in [0.29, 0.717) is 22.3 Å². The van der Waals surface area contributed by atoms with E-state index in [1.807, 2.05) is 39.8 Å². The molecule has 0 spiro atoms. The summed E-state index contributed by atoms with van der Waals surface area (Å²) in [5.41, 5.74) is 12.8. The molecule has 244 valence electrons. The number of rotatable bonds is 0. The number of benzene rings is 6.